The summed E-state index contributed by atoms with van der Waals surface area (Å²) in [6.07, 6.45) is 2.98. The van der Waals surface area contributed by atoms with Gasteiger partial charge < -0.3 is 10.6 Å². The Morgan fingerprint density at radius 3 is 2.52 bits per heavy atom. The summed E-state index contributed by atoms with van der Waals surface area (Å²) in [6, 6.07) is 4.83. The van der Waals surface area contributed by atoms with Gasteiger partial charge in [0, 0.05) is 23.6 Å². The van der Waals surface area contributed by atoms with E-state index in [1.54, 1.807) is 6.07 Å². The maximum Gasteiger partial charge on any atom is 0.229 e. The van der Waals surface area contributed by atoms with Gasteiger partial charge in [0.2, 0.25) is 5.91 Å². The third kappa shape index (κ3) is 3.52. The van der Waals surface area contributed by atoms with Gasteiger partial charge in [-0.3, -0.25) is 9.89 Å². The number of piperidine rings is 1. The minimum atomic E-state index is -0.656. The molecule has 1 amide bonds. The van der Waals surface area contributed by atoms with Crippen LogP contribution in [0.1, 0.15) is 19.3 Å². The highest BCUT2D eigenvalue weighted by atomic mass is 35.5. The van der Waals surface area contributed by atoms with Gasteiger partial charge in [-0.25, -0.2) is 8.78 Å². The van der Waals surface area contributed by atoms with Crippen LogP contribution in [0.3, 0.4) is 0 Å². The first-order chi connectivity index (χ1) is 11.6. The van der Waals surface area contributed by atoms with Gasteiger partial charge in [0.05, 0.1) is 5.69 Å². The first-order valence-electron chi connectivity index (χ1n) is 8.09. The summed E-state index contributed by atoms with van der Waals surface area (Å²) in [4.78, 5) is 12.4. The molecular formula is C17H19ClF2N4O. The molecule has 0 radical (unpaired) electrons. The van der Waals surface area contributed by atoms with Crippen LogP contribution >= 0.6 is 12.4 Å². The van der Waals surface area contributed by atoms with Crippen LogP contribution in [0, 0.1) is 23.0 Å². The Bertz CT molecular complexity index is 768. The molecule has 0 bridgehead atoms. The number of anilines is 1. The van der Waals surface area contributed by atoms with E-state index in [9.17, 15) is 13.6 Å². The lowest BCUT2D eigenvalue weighted by molar-refractivity contribution is -0.118. The van der Waals surface area contributed by atoms with Gasteiger partial charge >= 0.3 is 0 Å². The van der Waals surface area contributed by atoms with Crippen molar-refractivity contribution in [2.45, 2.75) is 19.3 Å². The summed E-state index contributed by atoms with van der Waals surface area (Å²) in [6.45, 7) is 1.92. The molecule has 2 heterocycles. The third-order valence-electron chi connectivity index (χ3n) is 5.11. The zero-order chi connectivity index (χ0) is 16.7. The molecule has 1 spiro atoms. The largest absolute Gasteiger partial charge is 0.317 e. The molecule has 1 aliphatic heterocycles. The fourth-order valence-electron chi connectivity index (χ4n) is 3.65. The summed E-state index contributed by atoms with van der Waals surface area (Å²) in [5.41, 5.74) is 0.956. The fourth-order valence-corrected chi connectivity index (χ4v) is 3.65. The Labute approximate surface area is 150 Å². The van der Waals surface area contributed by atoms with E-state index in [1.165, 1.54) is 12.1 Å². The quantitative estimate of drug-likeness (QED) is 0.779. The second kappa shape index (κ2) is 6.72. The van der Waals surface area contributed by atoms with Crippen molar-refractivity contribution in [3.05, 3.63) is 35.9 Å². The smallest absolute Gasteiger partial charge is 0.229 e. The number of carbonyl (C=O) groups excluding carboxylic acids is 1. The van der Waals surface area contributed by atoms with E-state index in [0.717, 1.165) is 38.4 Å². The highest BCUT2D eigenvalue weighted by Crippen LogP contribution is 2.58. The number of rotatable bonds is 3. The van der Waals surface area contributed by atoms with Crippen LogP contribution in [0.4, 0.5) is 14.6 Å². The number of hydrogen-bond acceptors (Lipinski definition) is 3. The van der Waals surface area contributed by atoms with Crippen molar-refractivity contribution >= 4 is 24.1 Å². The first-order valence-corrected chi connectivity index (χ1v) is 8.09. The molecule has 25 heavy (non-hydrogen) atoms. The van der Waals surface area contributed by atoms with E-state index in [-0.39, 0.29) is 29.6 Å². The van der Waals surface area contributed by atoms with Gasteiger partial charge in [-0.1, -0.05) is 0 Å². The maximum atomic E-state index is 13.3. The molecule has 5 nitrogen and oxygen atoms in total. The third-order valence-corrected chi connectivity index (χ3v) is 5.11. The van der Waals surface area contributed by atoms with Crippen molar-refractivity contribution in [2.75, 3.05) is 18.4 Å². The Morgan fingerprint density at radius 2 is 1.84 bits per heavy atom. The van der Waals surface area contributed by atoms with Crippen LogP contribution in [0.5, 0.6) is 0 Å². The monoisotopic (exact) mass is 368 g/mol. The van der Waals surface area contributed by atoms with E-state index in [1.807, 2.05) is 0 Å². The number of amides is 1. The molecule has 1 aromatic carbocycles. The van der Waals surface area contributed by atoms with Crippen molar-refractivity contribution in [1.29, 1.82) is 0 Å². The van der Waals surface area contributed by atoms with Crippen LogP contribution in [0.25, 0.3) is 11.3 Å². The van der Waals surface area contributed by atoms with Gasteiger partial charge in [0.1, 0.15) is 11.6 Å². The molecule has 4 rings (SSSR count). The maximum absolute atomic E-state index is 13.3. The second-order valence-electron chi connectivity index (χ2n) is 6.68. The number of hydrogen-bond donors (Lipinski definition) is 3. The second-order valence-corrected chi connectivity index (χ2v) is 6.68. The van der Waals surface area contributed by atoms with Gasteiger partial charge in [-0.05, 0) is 49.9 Å². The summed E-state index contributed by atoms with van der Waals surface area (Å²) >= 11 is 0. The highest BCUT2D eigenvalue weighted by Gasteiger charge is 2.57. The number of nitrogens with zero attached hydrogens (tertiary/aromatic N) is 1. The van der Waals surface area contributed by atoms with Crippen molar-refractivity contribution in [3.63, 3.8) is 0 Å². The molecule has 134 valence electrons. The number of halogens is 3. The standard InChI is InChI=1S/C17H18F2N4O.ClH/c18-11-5-10(6-12(19)7-11)14-8-15(23-22-14)21-16(24)13-9-17(13)1-3-20-4-2-17;/h5-8,13,20H,1-4,9H2,(H2,21,22,23,24);1H. The van der Waals surface area contributed by atoms with Crippen LogP contribution < -0.4 is 10.6 Å². The number of benzene rings is 1. The molecule has 2 fully saturated rings. The Balaban J connectivity index is 0.00000182. The average molecular weight is 369 g/mol. The molecule has 1 unspecified atom stereocenters. The minimum absolute atomic E-state index is 0. The molecule has 1 saturated heterocycles. The molecule has 1 aromatic heterocycles. The van der Waals surface area contributed by atoms with Gasteiger partial charge in [0.15, 0.2) is 5.82 Å². The lowest BCUT2D eigenvalue weighted by Crippen LogP contribution is -2.31. The van der Waals surface area contributed by atoms with E-state index in [0.29, 0.717) is 17.1 Å². The van der Waals surface area contributed by atoms with Gasteiger partial charge in [-0.15, -0.1) is 12.4 Å². The molecule has 2 aromatic rings. The summed E-state index contributed by atoms with van der Waals surface area (Å²) in [7, 11) is 0. The van der Waals surface area contributed by atoms with Crippen molar-refractivity contribution in [1.82, 2.24) is 15.5 Å². The molecule has 2 aliphatic rings. The topological polar surface area (TPSA) is 69.8 Å². The number of aromatic nitrogens is 2. The Hall–Kier alpha value is -1.99. The molecule has 1 aliphatic carbocycles. The summed E-state index contributed by atoms with van der Waals surface area (Å²) in [5, 5.41) is 12.8. The normalized spacial score (nSPS) is 20.8. The van der Waals surface area contributed by atoms with Crippen LogP contribution in [0.2, 0.25) is 0 Å². The van der Waals surface area contributed by atoms with Crippen LogP contribution in [-0.4, -0.2) is 29.2 Å². The molecular weight excluding hydrogens is 350 g/mol. The lowest BCUT2D eigenvalue weighted by Gasteiger charge is -2.23. The number of H-pyrrole nitrogens is 1. The van der Waals surface area contributed by atoms with E-state index < -0.39 is 11.6 Å². The Morgan fingerprint density at radius 1 is 1.16 bits per heavy atom. The zero-order valence-corrected chi connectivity index (χ0v) is 14.3. The average Bonchev–Trinajstić information content (AvgIpc) is 3.03. The zero-order valence-electron chi connectivity index (χ0n) is 13.4. The molecule has 1 atom stereocenters. The SMILES string of the molecule is Cl.O=C(Nc1cc(-c2cc(F)cc(F)c2)[nH]n1)C1CC12CCNCC2. The molecule has 8 heteroatoms. The van der Waals surface area contributed by atoms with Crippen LogP contribution in [0.15, 0.2) is 24.3 Å². The van der Waals surface area contributed by atoms with Crippen LogP contribution in [-0.2, 0) is 4.79 Å². The van der Waals surface area contributed by atoms with Crippen molar-refractivity contribution in [2.24, 2.45) is 11.3 Å². The first kappa shape index (κ1) is 17.8. The van der Waals surface area contributed by atoms with E-state index in [4.69, 9.17) is 0 Å². The summed E-state index contributed by atoms with van der Waals surface area (Å²) < 4.78 is 26.6. The fraction of sp³-hybridized carbons (Fsp3) is 0.412. The lowest BCUT2D eigenvalue weighted by atomic mass is 9.92. The van der Waals surface area contributed by atoms with Crippen molar-refractivity contribution in [3.8, 4) is 11.3 Å². The predicted octanol–water partition coefficient (Wildman–Crippen LogP) is 3.10. The van der Waals surface area contributed by atoms with Gasteiger partial charge in [-0.2, -0.15) is 5.10 Å². The van der Waals surface area contributed by atoms with Crippen molar-refractivity contribution < 1.29 is 13.6 Å². The highest BCUT2D eigenvalue weighted by molar-refractivity contribution is 5.94. The summed E-state index contributed by atoms with van der Waals surface area (Å²) in [5.74, 6) is -0.936. The van der Waals surface area contributed by atoms with Gasteiger partial charge in [0.25, 0.3) is 0 Å². The molecule has 1 saturated carbocycles. The number of carbonyl (C=O) groups is 1. The minimum Gasteiger partial charge on any atom is -0.317 e. The molecule has 3 N–H and O–H groups in total. The van der Waals surface area contributed by atoms with E-state index >= 15 is 0 Å². The number of aromatic amines is 1. The van der Waals surface area contributed by atoms with E-state index in [2.05, 4.69) is 20.8 Å². The Kier molecular flexibility index (Phi) is 4.79. The number of nitrogens with one attached hydrogen (secondary N) is 3. The predicted molar refractivity (Wildman–Crippen MR) is 92.5 cm³/mol.